The van der Waals surface area contributed by atoms with E-state index < -0.39 is 30.0 Å². The van der Waals surface area contributed by atoms with Crippen LogP contribution < -0.4 is 15.7 Å². The van der Waals surface area contributed by atoms with Crippen LogP contribution in [-0.4, -0.2) is 46.3 Å². The van der Waals surface area contributed by atoms with Gasteiger partial charge in [0.1, 0.15) is 28.9 Å². The monoisotopic (exact) mass is 495 g/mol. The molecule has 1 fully saturated rings. The third kappa shape index (κ3) is 5.43. The van der Waals surface area contributed by atoms with Crippen molar-refractivity contribution in [2.24, 2.45) is 0 Å². The van der Waals surface area contributed by atoms with Crippen LogP contribution in [-0.2, 0) is 11.2 Å². The number of hydrogen-bond donors (Lipinski definition) is 4. The number of aliphatic hydroxyl groups is 2. The minimum atomic E-state index is -1.21. The lowest BCUT2D eigenvalue weighted by Gasteiger charge is -2.32. The summed E-state index contributed by atoms with van der Waals surface area (Å²) in [6.45, 7) is 5.82. The van der Waals surface area contributed by atoms with Gasteiger partial charge in [0.05, 0.1) is 12.7 Å². The Morgan fingerprint density at radius 3 is 2.72 bits per heavy atom. The highest BCUT2D eigenvalue weighted by Crippen LogP contribution is 2.30. The molecule has 4 N–H and O–H groups in total. The second-order valence-corrected chi connectivity index (χ2v) is 9.04. The molecule has 0 unspecified atom stereocenters. The highest BCUT2D eigenvalue weighted by molar-refractivity contribution is 6.05. The van der Waals surface area contributed by atoms with Gasteiger partial charge in [-0.3, -0.25) is 4.79 Å². The number of rotatable bonds is 6. The fourth-order valence-corrected chi connectivity index (χ4v) is 3.90. The molecule has 9 nitrogen and oxygen atoms in total. The van der Waals surface area contributed by atoms with Gasteiger partial charge in [-0.05, 0) is 75.6 Å². The summed E-state index contributed by atoms with van der Waals surface area (Å²) in [7, 11) is 0. The van der Waals surface area contributed by atoms with Gasteiger partial charge in [-0.1, -0.05) is 11.6 Å². The van der Waals surface area contributed by atoms with Crippen LogP contribution in [0.5, 0.6) is 11.5 Å². The van der Waals surface area contributed by atoms with Gasteiger partial charge < -0.3 is 34.5 Å². The Labute approximate surface area is 207 Å². The van der Waals surface area contributed by atoms with E-state index in [9.17, 15) is 24.9 Å². The first-order valence-electron chi connectivity index (χ1n) is 11.6. The zero-order chi connectivity index (χ0) is 26.0. The number of carbonyl (C=O) groups excluding carboxylic acids is 1. The minimum Gasteiger partial charge on any atom is -0.508 e. The van der Waals surface area contributed by atoms with Gasteiger partial charge in [0.2, 0.25) is 6.29 Å². The van der Waals surface area contributed by atoms with Crippen LogP contribution in [0, 0.1) is 6.92 Å². The van der Waals surface area contributed by atoms with Gasteiger partial charge in [0.15, 0.2) is 0 Å². The summed E-state index contributed by atoms with van der Waals surface area (Å²) in [4.78, 5) is 25.5. The predicted octanol–water partition coefficient (Wildman–Crippen LogP) is 3.42. The third-order valence-corrected chi connectivity index (χ3v) is 6.03. The molecule has 3 aromatic rings. The Morgan fingerprint density at radius 2 is 1.97 bits per heavy atom. The Kier molecular flexibility index (Phi) is 7.44. The van der Waals surface area contributed by atoms with Crippen LogP contribution in [0.1, 0.15) is 41.8 Å². The lowest BCUT2D eigenvalue weighted by molar-refractivity contribution is -0.207. The van der Waals surface area contributed by atoms with E-state index in [0.29, 0.717) is 35.1 Å². The zero-order valence-electron chi connectivity index (χ0n) is 20.3. The van der Waals surface area contributed by atoms with Gasteiger partial charge in [0.25, 0.3) is 5.91 Å². The average Bonchev–Trinajstić information content (AvgIpc) is 2.84. The van der Waals surface area contributed by atoms with Crippen molar-refractivity contribution in [3.63, 3.8) is 0 Å². The van der Waals surface area contributed by atoms with E-state index in [4.69, 9.17) is 13.9 Å². The number of carbonyl (C=O) groups is 1. The van der Waals surface area contributed by atoms with Crippen molar-refractivity contribution in [2.45, 2.75) is 52.1 Å². The Bertz CT molecular complexity index is 1370. The number of benzene rings is 2. The van der Waals surface area contributed by atoms with Crippen LogP contribution in [0.25, 0.3) is 11.0 Å². The SMILES string of the molecule is CC(C)=CCc1cc(C(=O)Nc2cc3ccc(O[C@H]4OCC[C@@H](O)[C@H]4O)c(C)c3oc2=O)ccc1O. The fourth-order valence-electron chi connectivity index (χ4n) is 3.90. The lowest BCUT2D eigenvalue weighted by Crippen LogP contribution is -2.47. The molecule has 0 aliphatic carbocycles. The largest absolute Gasteiger partial charge is 0.508 e. The molecule has 1 aliphatic rings. The van der Waals surface area contributed by atoms with Crippen molar-refractivity contribution in [2.75, 3.05) is 11.9 Å². The Hall–Kier alpha value is -3.66. The maximum atomic E-state index is 12.8. The molecular formula is C27H29NO8. The molecule has 2 heterocycles. The molecule has 0 saturated carbocycles. The lowest BCUT2D eigenvalue weighted by atomic mass is 10.0. The second kappa shape index (κ2) is 10.5. The van der Waals surface area contributed by atoms with Crippen LogP contribution in [0.4, 0.5) is 5.69 Å². The molecule has 1 amide bonds. The quantitative estimate of drug-likeness (QED) is 0.301. The molecule has 36 heavy (non-hydrogen) atoms. The van der Waals surface area contributed by atoms with Crippen LogP contribution in [0.3, 0.4) is 0 Å². The first kappa shape index (κ1) is 25.4. The molecule has 1 saturated heterocycles. The van der Waals surface area contributed by atoms with E-state index in [1.54, 1.807) is 25.1 Å². The van der Waals surface area contributed by atoms with Gasteiger partial charge in [-0.15, -0.1) is 0 Å². The number of phenols is 1. The number of phenolic OH excluding ortho intramolecular Hbond substituents is 1. The van der Waals surface area contributed by atoms with Crippen LogP contribution in [0.15, 0.2) is 57.3 Å². The highest BCUT2D eigenvalue weighted by Gasteiger charge is 2.33. The standard InChI is InChI=1S/C27H29NO8/c1-14(2)4-5-16-12-18(6-8-20(16)29)25(32)28-19-13-17-7-9-22(15(3)24(17)36-26(19)33)35-27-23(31)21(30)10-11-34-27/h4,6-9,12-13,21,23,27,29-31H,5,10-11H2,1-3H3,(H,28,32)/t21-,23-,27-/m1/s1. The van der Waals surface area contributed by atoms with Crippen molar-refractivity contribution < 1.29 is 34.0 Å². The van der Waals surface area contributed by atoms with Crippen molar-refractivity contribution in [1.29, 1.82) is 0 Å². The number of aryl methyl sites for hydroxylation is 1. The normalized spacial score (nSPS) is 19.6. The number of allylic oxidation sites excluding steroid dienone is 2. The van der Waals surface area contributed by atoms with Gasteiger partial charge in [0, 0.05) is 16.5 Å². The molecule has 0 spiro atoms. The number of hydrogen-bond acceptors (Lipinski definition) is 8. The minimum absolute atomic E-state index is 0.0337. The summed E-state index contributed by atoms with van der Waals surface area (Å²) < 4.78 is 16.6. The van der Waals surface area contributed by atoms with Gasteiger partial charge in [-0.25, -0.2) is 4.79 Å². The van der Waals surface area contributed by atoms with E-state index in [0.717, 1.165) is 5.57 Å². The summed E-state index contributed by atoms with van der Waals surface area (Å²) in [5.41, 5.74) is 1.95. The number of anilines is 1. The van der Waals surface area contributed by atoms with E-state index in [1.807, 2.05) is 19.9 Å². The van der Waals surface area contributed by atoms with Crippen molar-refractivity contribution in [3.05, 3.63) is 75.2 Å². The average molecular weight is 496 g/mol. The van der Waals surface area contributed by atoms with Gasteiger partial charge >= 0.3 is 5.63 Å². The summed E-state index contributed by atoms with van der Waals surface area (Å²) in [6, 6.07) is 9.31. The smallest absolute Gasteiger partial charge is 0.360 e. The maximum Gasteiger partial charge on any atom is 0.360 e. The molecule has 190 valence electrons. The molecule has 4 rings (SSSR count). The first-order chi connectivity index (χ1) is 17.1. The van der Waals surface area contributed by atoms with E-state index in [-0.39, 0.29) is 29.2 Å². The number of aliphatic hydroxyl groups excluding tert-OH is 2. The van der Waals surface area contributed by atoms with Crippen molar-refractivity contribution in [3.8, 4) is 11.5 Å². The van der Waals surface area contributed by atoms with Crippen LogP contribution >= 0.6 is 0 Å². The fraction of sp³-hybridized carbons (Fsp3) is 0.333. The molecule has 1 aliphatic heterocycles. The summed E-state index contributed by atoms with van der Waals surface area (Å²) in [5, 5.41) is 33.2. The topological polar surface area (TPSA) is 138 Å². The summed E-state index contributed by atoms with van der Waals surface area (Å²) in [5.74, 6) is -0.101. The third-order valence-electron chi connectivity index (χ3n) is 6.03. The van der Waals surface area contributed by atoms with Crippen molar-refractivity contribution in [1.82, 2.24) is 0 Å². The molecule has 2 aromatic carbocycles. The molecule has 0 radical (unpaired) electrons. The van der Waals surface area contributed by atoms with E-state index in [2.05, 4.69) is 5.32 Å². The molecule has 0 bridgehead atoms. The van der Waals surface area contributed by atoms with Crippen LogP contribution in [0.2, 0.25) is 0 Å². The van der Waals surface area contributed by atoms with E-state index in [1.165, 1.54) is 18.2 Å². The first-order valence-corrected chi connectivity index (χ1v) is 11.6. The van der Waals surface area contributed by atoms with Gasteiger partial charge in [-0.2, -0.15) is 0 Å². The van der Waals surface area contributed by atoms with Crippen molar-refractivity contribution >= 4 is 22.6 Å². The summed E-state index contributed by atoms with van der Waals surface area (Å²) >= 11 is 0. The zero-order valence-corrected chi connectivity index (χ0v) is 20.3. The molecular weight excluding hydrogens is 466 g/mol. The number of nitrogens with one attached hydrogen (secondary N) is 1. The number of aromatic hydroxyl groups is 1. The molecule has 3 atom stereocenters. The number of amides is 1. The molecule has 9 heteroatoms. The Balaban J connectivity index is 1.57. The molecule has 1 aromatic heterocycles. The van der Waals surface area contributed by atoms with E-state index >= 15 is 0 Å². The number of fused-ring (bicyclic) bond motifs is 1. The Morgan fingerprint density at radius 1 is 1.19 bits per heavy atom. The highest BCUT2D eigenvalue weighted by atomic mass is 16.7. The summed E-state index contributed by atoms with van der Waals surface area (Å²) in [6.07, 6.45) is -0.493. The predicted molar refractivity (Wildman–Crippen MR) is 133 cm³/mol. The number of ether oxygens (including phenoxy) is 2. The maximum absolute atomic E-state index is 12.8. The second-order valence-electron chi connectivity index (χ2n) is 9.04.